The van der Waals surface area contributed by atoms with Crippen molar-refractivity contribution in [3.05, 3.63) is 57.6 Å². The number of hydrogen-bond donors (Lipinski definition) is 1. The van der Waals surface area contributed by atoms with E-state index in [4.69, 9.17) is 4.74 Å². The molecule has 4 heteroatoms. The molecular weight excluding hydrogens is 308 g/mol. The van der Waals surface area contributed by atoms with Crippen LogP contribution >= 0.6 is 15.9 Å². The summed E-state index contributed by atoms with van der Waals surface area (Å²) in [6.07, 6.45) is 0. The summed E-state index contributed by atoms with van der Waals surface area (Å²) >= 11 is 3.23. The Morgan fingerprint density at radius 1 is 1.21 bits per heavy atom. The van der Waals surface area contributed by atoms with Crippen LogP contribution < -0.4 is 4.74 Å². The molecule has 0 saturated carbocycles. The Kier molecular flexibility index (Phi) is 3.90. The van der Waals surface area contributed by atoms with Gasteiger partial charge in [-0.3, -0.25) is 0 Å². The van der Waals surface area contributed by atoms with E-state index >= 15 is 0 Å². The normalized spacial score (nSPS) is 10.3. The number of benzene rings is 2. The first kappa shape index (κ1) is 13.6. The lowest BCUT2D eigenvalue weighted by Gasteiger charge is -2.12. The number of carbonyl (C=O) groups is 1. The number of carbonyl (C=O) groups excluding carboxylic acids is 1. The molecule has 0 aliphatic rings. The van der Waals surface area contributed by atoms with E-state index < -0.39 is 5.97 Å². The molecule has 0 aromatic heterocycles. The number of ether oxygens (including phenoxy) is 1. The van der Waals surface area contributed by atoms with Crippen molar-refractivity contribution in [2.45, 2.75) is 13.8 Å². The predicted molar refractivity (Wildman–Crippen MR) is 76.7 cm³/mol. The van der Waals surface area contributed by atoms with Crippen LogP contribution in [0.25, 0.3) is 0 Å². The molecule has 2 aromatic rings. The molecule has 2 rings (SSSR count). The van der Waals surface area contributed by atoms with Crippen LogP contribution in [0.15, 0.2) is 40.9 Å². The summed E-state index contributed by atoms with van der Waals surface area (Å²) in [5, 5.41) is 10.0. The van der Waals surface area contributed by atoms with Crippen molar-refractivity contribution in [2.75, 3.05) is 0 Å². The summed E-state index contributed by atoms with van der Waals surface area (Å²) in [5.41, 5.74) is 1.81. The molecule has 3 nitrogen and oxygen atoms in total. The number of phenolic OH excluding ortho intramolecular Hbond substituents is 1. The van der Waals surface area contributed by atoms with Crippen molar-refractivity contribution in [2.24, 2.45) is 0 Å². The van der Waals surface area contributed by atoms with Crippen molar-refractivity contribution in [1.29, 1.82) is 0 Å². The second-order valence-electron chi connectivity index (χ2n) is 4.23. The van der Waals surface area contributed by atoms with E-state index in [0.717, 1.165) is 5.56 Å². The van der Waals surface area contributed by atoms with Gasteiger partial charge in [0.25, 0.3) is 0 Å². The van der Waals surface area contributed by atoms with Gasteiger partial charge in [0.05, 0.1) is 4.47 Å². The third-order valence-corrected chi connectivity index (χ3v) is 3.54. The Morgan fingerprint density at radius 2 is 1.84 bits per heavy atom. The fourth-order valence-electron chi connectivity index (χ4n) is 1.76. The van der Waals surface area contributed by atoms with Crippen molar-refractivity contribution in [3.63, 3.8) is 0 Å². The van der Waals surface area contributed by atoms with Gasteiger partial charge in [0, 0.05) is 0 Å². The standard InChI is InChI=1S/C15H13BrO3/c1-9-8-12(16)14(17)13(10(9)2)15(18)19-11-6-4-3-5-7-11/h3-8,17H,1-2H3. The van der Waals surface area contributed by atoms with E-state index in [1.165, 1.54) is 0 Å². The maximum absolute atomic E-state index is 12.2. The molecule has 0 aliphatic heterocycles. The molecule has 0 bridgehead atoms. The van der Waals surface area contributed by atoms with Crippen LogP contribution in [0, 0.1) is 13.8 Å². The van der Waals surface area contributed by atoms with Crippen LogP contribution in [0.5, 0.6) is 11.5 Å². The molecule has 0 heterocycles. The van der Waals surface area contributed by atoms with Crippen molar-refractivity contribution in [1.82, 2.24) is 0 Å². The van der Waals surface area contributed by atoms with E-state index in [9.17, 15) is 9.90 Å². The molecular formula is C15H13BrO3. The summed E-state index contributed by atoms with van der Waals surface area (Å²) in [4.78, 5) is 12.2. The smallest absolute Gasteiger partial charge is 0.347 e. The number of esters is 1. The number of hydrogen-bond acceptors (Lipinski definition) is 3. The van der Waals surface area contributed by atoms with Crippen LogP contribution in [-0.2, 0) is 0 Å². The molecule has 0 radical (unpaired) electrons. The van der Waals surface area contributed by atoms with Gasteiger partial charge in [-0.05, 0) is 59.1 Å². The summed E-state index contributed by atoms with van der Waals surface area (Å²) < 4.78 is 5.73. The number of phenols is 1. The predicted octanol–water partition coefficient (Wildman–Crippen LogP) is 3.99. The Hall–Kier alpha value is -1.81. The fraction of sp³-hybridized carbons (Fsp3) is 0.133. The molecule has 0 atom stereocenters. The largest absolute Gasteiger partial charge is 0.506 e. The first-order valence-corrected chi connectivity index (χ1v) is 6.56. The average molecular weight is 321 g/mol. The average Bonchev–Trinajstić information content (AvgIpc) is 2.38. The minimum atomic E-state index is -0.564. The molecule has 19 heavy (non-hydrogen) atoms. The fourth-order valence-corrected chi connectivity index (χ4v) is 2.30. The van der Waals surface area contributed by atoms with Crippen molar-refractivity contribution in [3.8, 4) is 11.5 Å². The Balaban J connectivity index is 2.40. The number of aryl methyl sites for hydroxylation is 1. The molecule has 0 fully saturated rings. The van der Waals surface area contributed by atoms with Gasteiger partial charge < -0.3 is 9.84 Å². The summed E-state index contributed by atoms with van der Waals surface area (Å²) in [6, 6.07) is 10.5. The van der Waals surface area contributed by atoms with Gasteiger partial charge >= 0.3 is 5.97 Å². The highest BCUT2D eigenvalue weighted by Crippen LogP contribution is 2.33. The minimum Gasteiger partial charge on any atom is -0.506 e. The lowest BCUT2D eigenvalue weighted by molar-refractivity contribution is 0.0730. The molecule has 98 valence electrons. The monoisotopic (exact) mass is 320 g/mol. The number of para-hydroxylation sites is 1. The van der Waals surface area contributed by atoms with Gasteiger partial charge in [0.15, 0.2) is 0 Å². The molecule has 0 unspecified atom stereocenters. The Bertz CT molecular complexity index is 595. The second-order valence-corrected chi connectivity index (χ2v) is 5.08. The molecule has 0 spiro atoms. The van der Waals surface area contributed by atoms with Gasteiger partial charge in [0.1, 0.15) is 17.1 Å². The van der Waals surface area contributed by atoms with Gasteiger partial charge in [-0.1, -0.05) is 18.2 Å². The van der Waals surface area contributed by atoms with Gasteiger partial charge in [-0.2, -0.15) is 0 Å². The zero-order valence-corrected chi connectivity index (χ0v) is 12.2. The summed E-state index contributed by atoms with van der Waals surface area (Å²) in [7, 11) is 0. The van der Waals surface area contributed by atoms with E-state index in [1.54, 1.807) is 37.3 Å². The third kappa shape index (κ3) is 2.79. The second kappa shape index (κ2) is 5.45. The molecule has 0 amide bonds. The minimum absolute atomic E-state index is 0.0935. The number of rotatable bonds is 2. The third-order valence-electron chi connectivity index (χ3n) is 2.93. The van der Waals surface area contributed by atoms with Gasteiger partial charge in [-0.15, -0.1) is 0 Å². The lowest BCUT2D eigenvalue weighted by atomic mass is 10.0. The van der Waals surface area contributed by atoms with Crippen LogP contribution in [0.1, 0.15) is 21.5 Å². The molecule has 0 saturated heterocycles. The summed E-state index contributed by atoms with van der Waals surface area (Å²) in [5.74, 6) is -0.210. The first-order valence-electron chi connectivity index (χ1n) is 5.76. The van der Waals surface area contributed by atoms with E-state index in [2.05, 4.69) is 15.9 Å². The number of halogens is 1. The van der Waals surface area contributed by atoms with E-state index in [1.807, 2.05) is 13.0 Å². The van der Waals surface area contributed by atoms with E-state index in [0.29, 0.717) is 15.8 Å². The van der Waals surface area contributed by atoms with Crippen LogP contribution in [0.4, 0.5) is 0 Å². The Labute approximate surface area is 120 Å². The van der Waals surface area contributed by atoms with Crippen molar-refractivity contribution >= 4 is 21.9 Å². The SMILES string of the molecule is Cc1cc(Br)c(O)c(C(=O)Oc2ccccc2)c1C. The topological polar surface area (TPSA) is 46.5 Å². The van der Waals surface area contributed by atoms with Crippen LogP contribution in [0.2, 0.25) is 0 Å². The molecule has 0 aliphatic carbocycles. The van der Waals surface area contributed by atoms with Gasteiger partial charge in [-0.25, -0.2) is 4.79 Å². The zero-order chi connectivity index (χ0) is 14.0. The first-order chi connectivity index (χ1) is 9.00. The highest BCUT2D eigenvalue weighted by atomic mass is 79.9. The van der Waals surface area contributed by atoms with Crippen molar-refractivity contribution < 1.29 is 14.6 Å². The highest BCUT2D eigenvalue weighted by molar-refractivity contribution is 9.10. The maximum atomic E-state index is 12.2. The highest BCUT2D eigenvalue weighted by Gasteiger charge is 2.20. The molecule has 1 N–H and O–H groups in total. The van der Waals surface area contributed by atoms with E-state index in [-0.39, 0.29) is 11.3 Å². The molecule has 2 aromatic carbocycles. The van der Waals surface area contributed by atoms with Gasteiger partial charge in [0.2, 0.25) is 0 Å². The quantitative estimate of drug-likeness (QED) is 0.672. The Morgan fingerprint density at radius 3 is 2.47 bits per heavy atom. The summed E-state index contributed by atoms with van der Waals surface area (Å²) in [6.45, 7) is 3.65. The zero-order valence-electron chi connectivity index (χ0n) is 10.6. The number of aromatic hydroxyl groups is 1. The van der Waals surface area contributed by atoms with Crippen LogP contribution in [0.3, 0.4) is 0 Å². The maximum Gasteiger partial charge on any atom is 0.347 e. The lowest BCUT2D eigenvalue weighted by Crippen LogP contribution is -2.11. The van der Waals surface area contributed by atoms with Crippen LogP contribution in [-0.4, -0.2) is 11.1 Å².